The molecule has 1 saturated heterocycles. The van der Waals surface area contributed by atoms with E-state index in [0.29, 0.717) is 11.8 Å². The van der Waals surface area contributed by atoms with Crippen molar-refractivity contribution in [1.82, 2.24) is 4.90 Å². The summed E-state index contributed by atoms with van der Waals surface area (Å²) >= 11 is 0. The lowest BCUT2D eigenvalue weighted by atomic mass is 9.78. The summed E-state index contributed by atoms with van der Waals surface area (Å²) in [6, 6.07) is 0. The number of hydrogen-bond donors (Lipinski definition) is 0. The highest BCUT2D eigenvalue weighted by atomic mass is 16.2. The second-order valence-electron chi connectivity index (χ2n) is 5.24. The minimum atomic E-state index is 0.247. The number of hydrogen-bond acceptors (Lipinski definition) is 1. The Morgan fingerprint density at radius 2 is 2.12 bits per heavy atom. The van der Waals surface area contributed by atoms with Crippen molar-refractivity contribution in [2.75, 3.05) is 6.54 Å². The minimum Gasteiger partial charge on any atom is -0.320 e. The van der Waals surface area contributed by atoms with E-state index < -0.39 is 0 Å². The van der Waals surface area contributed by atoms with Crippen LogP contribution in [-0.2, 0) is 4.79 Å². The molecule has 2 nitrogen and oxygen atoms in total. The molecule has 0 saturated carbocycles. The van der Waals surface area contributed by atoms with E-state index in [2.05, 4.69) is 20.4 Å². The number of carbonyl (C=O) groups excluding carboxylic acids is 1. The maximum absolute atomic E-state index is 11.9. The summed E-state index contributed by atoms with van der Waals surface area (Å²) in [6.07, 6.45) is 9.46. The quantitative estimate of drug-likeness (QED) is 0.698. The van der Waals surface area contributed by atoms with Gasteiger partial charge in [-0.25, -0.2) is 0 Å². The summed E-state index contributed by atoms with van der Waals surface area (Å²) in [5.74, 6) is 0.247. The predicted octanol–water partition coefficient (Wildman–Crippen LogP) is 3.73. The highest BCUT2D eigenvalue weighted by Gasteiger charge is 2.24. The Labute approximate surface area is 99.7 Å². The first-order valence-corrected chi connectivity index (χ1v) is 6.53. The summed E-state index contributed by atoms with van der Waals surface area (Å²) < 4.78 is 0. The standard InChI is InChI=1S/C14H25NO/c1-4-14(3)10-7-6-8-12-15(5-2)13(16)9-11-14/h5H,2,4,6-12H2,1,3H3. The molecule has 0 radical (unpaired) electrons. The molecule has 2 heteroatoms. The third kappa shape index (κ3) is 3.66. The van der Waals surface area contributed by atoms with Crippen molar-refractivity contribution in [3.8, 4) is 0 Å². The molecule has 1 rings (SSSR count). The minimum absolute atomic E-state index is 0.247. The highest BCUT2D eigenvalue weighted by Crippen LogP contribution is 2.34. The molecule has 0 aromatic heterocycles. The van der Waals surface area contributed by atoms with Crippen LogP contribution >= 0.6 is 0 Å². The molecule has 1 aliphatic rings. The Morgan fingerprint density at radius 3 is 2.75 bits per heavy atom. The summed E-state index contributed by atoms with van der Waals surface area (Å²) in [4.78, 5) is 13.7. The molecular formula is C14H25NO. The van der Waals surface area contributed by atoms with Crippen LogP contribution in [0.25, 0.3) is 0 Å². The van der Waals surface area contributed by atoms with Crippen molar-refractivity contribution in [3.05, 3.63) is 12.8 Å². The van der Waals surface area contributed by atoms with Crippen LogP contribution < -0.4 is 0 Å². The molecule has 16 heavy (non-hydrogen) atoms. The van der Waals surface area contributed by atoms with E-state index in [1.54, 1.807) is 11.1 Å². The van der Waals surface area contributed by atoms with Crippen molar-refractivity contribution < 1.29 is 4.79 Å². The second-order valence-corrected chi connectivity index (χ2v) is 5.24. The van der Waals surface area contributed by atoms with E-state index in [1.165, 1.54) is 25.7 Å². The van der Waals surface area contributed by atoms with Crippen LogP contribution in [0.1, 0.15) is 58.8 Å². The average molecular weight is 223 g/mol. The van der Waals surface area contributed by atoms with Gasteiger partial charge in [-0.15, -0.1) is 0 Å². The maximum Gasteiger partial charge on any atom is 0.226 e. The van der Waals surface area contributed by atoms with Gasteiger partial charge in [-0.3, -0.25) is 4.79 Å². The molecule has 0 bridgehead atoms. The van der Waals surface area contributed by atoms with Crippen molar-refractivity contribution in [3.63, 3.8) is 0 Å². The van der Waals surface area contributed by atoms with Crippen LogP contribution in [0.5, 0.6) is 0 Å². The zero-order valence-electron chi connectivity index (χ0n) is 10.8. The number of nitrogens with zero attached hydrogens (tertiary/aromatic N) is 1. The monoisotopic (exact) mass is 223 g/mol. The molecule has 0 aromatic carbocycles. The fraction of sp³-hybridized carbons (Fsp3) is 0.786. The molecule has 1 unspecified atom stereocenters. The van der Waals surface area contributed by atoms with Crippen molar-refractivity contribution in [2.24, 2.45) is 5.41 Å². The van der Waals surface area contributed by atoms with Crippen LogP contribution in [0.15, 0.2) is 12.8 Å². The fourth-order valence-electron chi connectivity index (χ4n) is 2.36. The maximum atomic E-state index is 11.9. The van der Waals surface area contributed by atoms with Gasteiger partial charge in [-0.05, 0) is 30.9 Å². The number of carbonyl (C=O) groups is 1. The van der Waals surface area contributed by atoms with Gasteiger partial charge in [0.05, 0.1) is 0 Å². The topological polar surface area (TPSA) is 20.3 Å². The summed E-state index contributed by atoms with van der Waals surface area (Å²) in [6.45, 7) is 9.13. The Bertz CT molecular complexity index is 249. The van der Waals surface area contributed by atoms with Crippen LogP contribution in [0, 0.1) is 5.41 Å². The summed E-state index contributed by atoms with van der Waals surface area (Å²) in [7, 11) is 0. The number of rotatable bonds is 2. The fourth-order valence-corrected chi connectivity index (χ4v) is 2.36. The normalized spacial score (nSPS) is 28.9. The van der Waals surface area contributed by atoms with Crippen LogP contribution in [0.2, 0.25) is 0 Å². The molecule has 92 valence electrons. The molecule has 1 amide bonds. The van der Waals surface area contributed by atoms with Gasteiger partial charge >= 0.3 is 0 Å². The first-order chi connectivity index (χ1) is 7.61. The molecular weight excluding hydrogens is 198 g/mol. The molecule has 1 atom stereocenters. The van der Waals surface area contributed by atoms with Crippen molar-refractivity contribution >= 4 is 5.91 Å². The summed E-state index contributed by atoms with van der Waals surface area (Å²) in [5, 5.41) is 0. The SMILES string of the molecule is C=CN1CCCCCC(C)(CC)CCC1=O. The van der Waals surface area contributed by atoms with Gasteiger partial charge in [0.1, 0.15) is 0 Å². The molecule has 0 aliphatic carbocycles. The van der Waals surface area contributed by atoms with Gasteiger partial charge in [0.2, 0.25) is 5.91 Å². The zero-order valence-corrected chi connectivity index (χ0v) is 10.8. The van der Waals surface area contributed by atoms with Crippen molar-refractivity contribution in [2.45, 2.75) is 58.8 Å². The smallest absolute Gasteiger partial charge is 0.226 e. The Balaban J connectivity index is 2.63. The van der Waals surface area contributed by atoms with E-state index in [0.717, 1.165) is 19.4 Å². The van der Waals surface area contributed by atoms with E-state index >= 15 is 0 Å². The van der Waals surface area contributed by atoms with Gasteiger partial charge in [0, 0.05) is 13.0 Å². The van der Waals surface area contributed by atoms with Gasteiger partial charge < -0.3 is 4.90 Å². The lowest BCUT2D eigenvalue weighted by Crippen LogP contribution is -2.29. The van der Waals surface area contributed by atoms with Crippen LogP contribution in [0.3, 0.4) is 0 Å². The van der Waals surface area contributed by atoms with E-state index in [1.807, 2.05) is 0 Å². The van der Waals surface area contributed by atoms with Crippen LogP contribution in [0.4, 0.5) is 0 Å². The largest absolute Gasteiger partial charge is 0.320 e. The van der Waals surface area contributed by atoms with E-state index in [-0.39, 0.29) is 5.91 Å². The molecule has 1 aliphatic heterocycles. The molecule has 1 fully saturated rings. The third-order valence-electron chi connectivity index (χ3n) is 4.02. The predicted molar refractivity (Wildman–Crippen MR) is 68.0 cm³/mol. The van der Waals surface area contributed by atoms with E-state index in [4.69, 9.17) is 0 Å². The third-order valence-corrected chi connectivity index (χ3v) is 4.02. The van der Waals surface area contributed by atoms with Gasteiger partial charge in [0.15, 0.2) is 0 Å². The molecule has 1 heterocycles. The van der Waals surface area contributed by atoms with Gasteiger partial charge in [-0.2, -0.15) is 0 Å². The Hall–Kier alpha value is -0.790. The lowest BCUT2D eigenvalue weighted by Gasteiger charge is -2.30. The zero-order chi connectivity index (χ0) is 12.0. The second kappa shape index (κ2) is 6.07. The first-order valence-electron chi connectivity index (χ1n) is 6.53. The molecule has 0 N–H and O–H groups in total. The summed E-state index contributed by atoms with van der Waals surface area (Å²) in [5.41, 5.74) is 0.361. The van der Waals surface area contributed by atoms with Gasteiger partial charge in [0.25, 0.3) is 0 Å². The van der Waals surface area contributed by atoms with Crippen LogP contribution in [-0.4, -0.2) is 17.4 Å². The van der Waals surface area contributed by atoms with Crippen molar-refractivity contribution in [1.29, 1.82) is 0 Å². The van der Waals surface area contributed by atoms with Gasteiger partial charge in [-0.1, -0.05) is 39.7 Å². The molecule has 0 aromatic rings. The Morgan fingerprint density at radius 1 is 1.38 bits per heavy atom. The lowest BCUT2D eigenvalue weighted by molar-refractivity contribution is -0.129. The number of amides is 1. The Kier molecular flexibility index (Phi) is 5.04. The first kappa shape index (κ1) is 13.3. The van der Waals surface area contributed by atoms with E-state index in [9.17, 15) is 4.79 Å². The highest BCUT2D eigenvalue weighted by molar-refractivity contribution is 5.77. The average Bonchev–Trinajstić information content (AvgIpc) is 2.30. The molecule has 0 spiro atoms.